The average Bonchev–Trinajstić information content (AvgIpc) is 2.49. The van der Waals surface area contributed by atoms with E-state index in [1.165, 1.54) is 12.4 Å². The first-order valence-corrected chi connectivity index (χ1v) is 6.76. The molecular weight excluding hydrogens is 271 g/mol. The zero-order valence-corrected chi connectivity index (χ0v) is 12.4. The molecule has 112 valence electrons. The summed E-state index contributed by atoms with van der Waals surface area (Å²) in [7, 11) is 1.81. The molecule has 2 rings (SSSR count). The number of rotatable bonds is 5. The third kappa shape index (κ3) is 3.04. The second-order valence-electron chi connectivity index (χ2n) is 4.66. The number of nitrogens with zero attached hydrogens (tertiary/aromatic N) is 3. The molecule has 0 radical (unpaired) electrons. The van der Waals surface area contributed by atoms with Crippen molar-refractivity contribution in [2.24, 2.45) is 0 Å². The van der Waals surface area contributed by atoms with E-state index in [-0.39, 0.29) is 11.9 Å². The van der Waals surface area contributed by atoms with Crippen molar-refractivity contribution in [1.82, 2.24) is 9.97 Å². The Balaban J connectivity index is 2.34. The van der Waals surface area contributed by atoms with Gasteiger partial charge in [-0.2, -0.15) is 4.98 Å². The zero-order chi connectivity index (χ0) is 15.4. The van der Waals surface area contributed by atoms with Crippen LogP contribution in [0.4, 0.5) is 15.9 Å². The Kier molecular flexibility index (Phi) is 4.57. The third-order valence-electron chi connectivity index (χ3n) is 3.38. The van der Waals surface area contributed by atoms with Gasteiger partial charge in [-0.3, -0.25) is 0 Å². The Labute approximate surface area is 123 Å². The highest BCUT2D eigenvalue weighted by Gasteiger charge is 2.20. The maximum Gasteiger partial charge on any atom is 0.242 e. The Morgan fingerprint density at radius 2 is 2.05 bits per heavy atom. The van der Waals surface area contributed by atoms with Gasteiger partial charge < -0.3 is 15.4 Å². The van der Waals surface area contributed by atoms with Crippen LogP contribution in [0.2, 0.25) is 0 Å². The van der Waals surface area contributed by atoms with Gasteiger partial charge in [0, 0.05) is 12.6 Å². The highest BCUT2D eigenvalue weighted by molar-refractivity contribution is 5.68. The highest BCUT2D eigenvalue weighted by Crippen LogP contribution is 2.32. The quantitative estimate of drug-likeness (QED) is 0.917. The van der Waals surface area contributed by atoms with Gasteiger partial charge in [-0.25, -0.2) is 9.37 Å². The van der Waals surface area contributed by atoms with E-state index < -0.39 is 0 Å². The molecule has 0 saturated carbocycles. The summed E-state index contributed by atoms with van der Waals surface area (Å²) in [5.41, 5.74) is 6.97. The Hall–Kier alpha value is -2.37. The number of ether oxygens (including phenoxy) is 1. The molecule has 5 nitrogen and oxygen atoms in total. The predicted octanol–water partition coefficient (Wildman–Crippen LogP) is 2.79. The van der Waals surface area contributed by atoms with Crippen molar-refractivity contribution in [3.05, 3.63) is 42.0 Å². The van der Waals surface area contributed by atoms with Gasteiger partial charge in [-0.1, -0.05) is 18.2 Å². The number of aromatic nitrogens is 2. The smallest absolute Gasteiger partial charge is 0.242 e. The molecule has 0 aliphatic carbocycles. The summed E-state index contributed by atoms with van der Waals surface area (Å²) in [6.45, 7) is 4.21. The summed E-state index contributed by atoms with van der Waals surface area (Å²) in [6, 6.07) is 6.43. The maximum atomic E-state index is 13.9. The van der Waals surface area contributed by atoms with Gasteiger partial charge in [0.05, 0.1) is 12.6 Å². The van der Waals surface area contributed by atoms with Gasteiger partial charge in [-0.15, -0.1) is 0 Å². The van der Waals surface area contributed by atoms with Crippen molar-refractivity contribution < 1.29 is 9.13 Å². The van der Waals surface area contributed by atoms with E-state index in [0.717, 1.165) is 0 Å². The van der Waals surface area contributed by atoms with Gasteiger partial charge in [-0.05, 0) is 19.9 Å². The van der Waals surface area contributed by atoms with Gasteiger partial charge in [0.1, 0.15) is 17.8 Å². The number of hydrogen-bond acceptors (Lipinski definition) is 5. The molecule has 0 aliphatic rings. The van der Waals surface area contributed by atoms with Crippen LogP contribution in [0.3, 0.4) is 0 Å². The van der Waals surface area contributed by atoms with Gasteiger partial charge in [0.15, 0.2) is 5.82 Å². The summed E-state index contributed by atoms with van der Waals surface area (Å²) in [6.07, 6.45) is 1.39. The van der Waals surface area contributed by atoms with Gasteiger partial charge in [0.25, 0.3) is 0 Å². The average molecular weight is 290 g/mol. The highest BCUT2D eigenvalue weighted by atomic mass is 19.1. The molecule has 1 heterocycles. The van der Waals surface area contributed by atoms with Crippen molar-refractivity contribution in [3.63, 3.8) is 0 Å². The molecular formula is C15H19FN4O. The normalized spacial score (nSPS) is 12.0. The molecule has 6 heteroatoms. The molecule has 0 amide bonds. The van der Waals surface area contributed by atoms with Crippen LogP contribution in [0.1, 0.15) is 25.5 Å². The summed E-state index contributed by atoms with van der Waals surface area (Å²) in [4.78, 5) is 9.99. The van der Waals surface area contributed by atoms with Crippen LogP contribution in [-0.4, -0.2) is 23.6 Å². The Morgan fingerprint density at radius 3 is 2.71 bits per heavy atom. The van der Waals surface area contributed by atoms with Crippen LogP contribution < -0.4 is 15.4 Å². The monoisotopic (exact) mass is 290 g/mol. The van der Waals surface area contributed by atoms with Gasteiger partial charge in [0.2, 0.25) is 5.88 Å². The number of benzene rings is 1. The van der Waals surface area contributed by atoms with Crippen LogP contribution in [0.25, 0.3) is 0 Å². The van der Waals surface area contributed by atoms with E-state index >= 15 is 0 Å². The minimum absolute atomic E-state index is 0.224. The molecule has 2 aromatic rings. The molecule has 21 heavy (non-hydrogen) atoms. The molecule has 0 aliphatic heterocycles. The van der Waals surface area contributed by atoms with Crippen LogP contribution >= 0.6 is 0 Å². The minimum atomic E-state index is -0.255. The second-order valence-corrected chi connectivity index (χ2v) is 4.66. The fourth-order valence-corrected chi connectivity index (χ4v) is 2.11. The zero-order valence-electron chi connectivity index (χ0n) is 12.4. The first-order valence-electron chi connectivity index (χ1n) is 6.76. The topological polar surface area (TPSA) is 64.3 Å². The standard InChI is InChI=1S/C15H19FN4O/c1-4-21-15-13(17)14(18-9-19-15)20(3)10(2)11-7-5-6-8-12(11)16/h5-10H,4,17H2,1-3H3. The first-order chi connectivity index (χ1) is 10.1. The van der Waals surface area contributed by atoms with E-state index in [9.17, 15) is 4.39 Å². The summed E-state index contributed by atoms with van der Waals surface area (Å²) < 4.78 is 19.3. The maximum absolute atomic E-state index is 13.9. The Bertz CT molecular complexity index is 620. The predicted molar refractivity (Wildman–Crippen MR) is 80.8 cm³/mol. The largest absolute Gasteiger partial charge is 0.476 e. The van der Waals surface area contributed by atoms with E-state index in [2.05, 4.69) is 9.97 Å². The molecule has 0 bridgehead atoms. The number of halogens is 1. The molecule has 0 spiro atoms. The van der Waals surface area contributed by atoms with Crippen molar-refractivity contribution >= 4 is 11.5 Å². The lowest BCUT2D eigenvalue weighted by molar-refractivity contribution is 0.328. The fraction of sp³-hybridized carbons (Fsp3) is 0.333. The van der Waals surface area contributed by atoms with E-state index in [1.54, 1.807) is 23.1 Å². The van der Waals surface area contributed by atoms with E-state index in [4.69, 9.17) is 10.5 Å². The molecule has 1 aromatic carbocycles. The molecule has 2 N–H and O–H groups in total. The fourth-order valence-electron chi connectivity index (χ4n) is 2.11. The van der Waals surface area contributed by atoms with Crippen molar-refractivity contribution in [2.75, 3.05) is 24.3 Å². The molecule has 0 fully saturated rings. The lowest BCUT2D eigenvalue weighted by Crippen LogP contribution is -2.25. The van der Waals surface area contributed by atoms with E-state index in [1.807, 2.05) is 20.9 Å². The van der Waals surface area contributed by atoms with Crippen molar-refractivity contribution in [1.29, 1.82) is 0 Å². The van der Waals surface area contributed by atoms with E-state index in [0.29, 0.717) is 29.6 Å². The lowest BCUT2D eigenvalue weighted by Gasteiger charge is -2.27. The SMILES string of the molecule is CCOc1ncnc(N(C)C(C)c2ccccc2F)c1N. The second kappa shape index (κ2) is 6.39. The summed E-state index contributed by atoms with van der Waals surface area (Å²) >= 11 is 0. The van der Waals surface area contributed by atoms with Crippen molar-refractivity contribution in [2.45, 2.75) is 19.9 Å². The molecule has 1 aromatic heterocycles. The molecule has 1 atom stereocenters. The van der Waals surface area contributed by atoms with Crippen LogP contribution in [0.15, 0.2) is 30.6 Å². The summed E-state index contributed by atoms with van der Waals surface area (Å²) in [5.74, 6) is 0.605. The number of anilines is 2. The van der Waals surface area contributed by atoms with Gasteiger partial charge >= 0.3 is 0 Å². The Morgan fingerprint density at radius 1 is 1.33 bits per heavy atom. The van der Waals surface area contributed by atoms with Crippen LogP contribution in [0, 0.1) is 5.82 Å². The first kappa shape index (κ1) is 15.0. The number of nitrogens with two attached hydrogens (primary N) is 1. The molecule has 0 saturated heterocycles. The van der Waals surface area contributed by atoms with Crippen LogP contribution in [-0.2, 0) is 0 Å². The minimum Gasteiger partial charge on any atom is -0.476 e. The number of hydrogen-bond donors (Lipinski definition) is 1. The molecule has 1 unspecified atom stereocenters. The summed E-state index contributed by atoms with van der Waals surface area (Å²) in [5, 5.41) is 0. The number of nitrogen functional groups attached to an aromatic ring is 1. The third-order valence-corrected chi connectivity index (χ3v) is 3.38. The lowest BCUT2D eigenvalue weighted by atomic mass is 10.1. The van der Waals surface area contributed by atoms with Crippen LogP contribution in [0.5, 0.6) is 5.88 Å². The van der Waals surface area contributed by atoms with Crippen molar-refractivity contribution in [3.8, 4) is 5.88 Å².